The second-order valence-electron chi connectivity index (χ2n) is 3.50. The lowest BCUT2D eigenvalue weighted by Crippen LogP contribution is -2.25. The molecule has 0 heterocycles. The van der Waals surface area contributed by atoms with Crippen LogP contribution in [-0.2, 0) is 4.79 Å². The molecule has 0 fully saturated rings. The summed E-state index contributed by atoms with van der Waals surface area (Å²) in [5.41, 5.74) is 1.34. The molecule has 0 saturated carbocycles. The molecule has 0 aromatic heterocycles. The van der Waals surface area contributed by atoms with E-state index in [0.29, 0.717) is 5.56 Å². The van der Waals surface area contributed by atoms with Crippen LogP contribution in [0.5, 0.6) is 0 Å². The lowest BCUT2D eigenvalue weighted by molar-refractivity contribution is -0.136. The first-order valence-corrected chi connectivity index (χ1v) is 4.72. The lowest BCUT2D eigenvalue weighted by Gasteiger charge is -2.13. The molecule has 0 radical (unpaired) electrons. The fourth-order valence-electron chi connectivity index (χ4n) is 1.24. The summed E-state index contributed by atoms with van der Waals surface area (Å²) in [6.07, 6.45) is 0. The summed E-state index contributed by atoms with van der Waals surface area (Å²) in [5.74, 6) is -1.19. The number of hydrogen-bond acceptors (Lipinski definition) is 2. The van der Waals surface area contributed by atoms with Crippen molar-refractivity contribution in [1.29, 1.82) is 0 Å². The number of nitrogens with one attached hydrogen (secondary N) is 1. The lowest BCUT2D eigenvalue weighted by atomic mass is 10.1. The summed E-state index contributed by atoms with van der Waals surface area (Å²) < 4.78 is 13.2. The Balaban J connectivity index is 2.69. The molecule has 1 unspecified atom stereocenters. The quantitative estimate of drug-likeness (QED) is 0.799. The maximum Gasteiger partial charge on any atom is 0.317 e. The molecule has 1 aromatic carbocycles. The Labute approximate surface area is 87.9 Å². The number of carbonyl (C=O) groups is 1. The molecule has 2 N–H and O–H groups in total. The van der Waals surface area contributed by atoms with E-state index in [9.17, 15) is 9.18 Å². The van der Waals surface area contributed by atoms with E-state index in [1.54, 1.807) is 26.0 Å². The van der Waals surface area contributed by atoms with E-state index in [1.165, 1.54) is 6.07 Å². The van der Waals surface area contributed by atoms with Crippen molar-refractivity contribution in [2.45, 2.75) is 19.9 Å². The molecule has 1 rings (SSSR count). The molecule has 15 heavy (non-hydrogen) atoms. The SMILES string of the molecule is Cc1ccc(C(C)NCC(=O)O)cc1F. The number of aryl methyl sites for hydroxylation is 1. The average molecular weight is 211 g/mol. The molecular formula is C11H14FNO2. The largest absolute Gasteiger partial charge is 0.480 e. The molecule has 0 saturated heterocycles. The molecule has 0 bridgehead atoms. The van der Waals surface area contributed by atoms with E-state index < -0.39 is 5.97 Å². The Kier molecular flexibility index (Phi) is 3.80. The van der Waals surface area contributed by atoms with E-state index in [0.717, 1.165) is 5.56 Å². The third-order valence-electron chi connectivity index (χ3n) is 2.26. The van der Waals surface area contributed by atoms with Gasteiger partial charge in [0.25, 0.3) is 0 Å². The Morgan fingerprint density at radius 3 is 2.80 bits per heavy atom. The van der Waals surface area contributed by atoms with Crippen molar-refractivity contribution in [2.75, 3.05) is 6.54 Å². The van der Waals surface area contributed by atoms with Crippen LogP contribution in [0.1, 0.15) is 24.1 Å². The van der Waals surface area contributed by atoms with Crippen LogP contribution < -0.4 is 5.32 Å². The van der Waals surface area contributed by atoms with E-state index in [1.807, 2.05) is 0 Å². The van der Waals surface area contributed by atoms with Crippen LogP contribution in [0.2, 0.25) is 0 Å². The normalized spacial score (nSPS) is 12.5. The third kappa shape index (κ3) is 3.32. The van der Waals surface area contributed by atoms with Crippen LogP contribution in [0.3, 0.4) is 0 Å². The minimum atomic E-state index is -0.922. The van der Waals surface area contributed by atoms with Crippen molar-refractivity contribution in [3.8, 4) is 0 Å². The smallest absolute Gasteiger partial charge is 0.317 e. The van der Waals surface area contributed by atoms with Crippen LogP contribution in [-0.4, -0.2) is 17.6 Å². The van der Waals surface area contributed by atoms with Gasteiger partial charge >= 0.3 is 5.97 Å². The van der Waals surface area contributed by atoms with E-state index in [2.05, 4.69) is 5.32 Å². The van der Waals surface area contributed by atoms with Gasteiger partial charge in [0.15, 0.2) is 0 Å². The second kappa shape index (κ2) is 4.89. The van der Waals surface area contributed by atoms with Crippen molar-refractivity contribution in [2.24, 2.45) is 0 Å². The number of carboxylic acids is 1. The van der Waals surface area contributed by atoms with Gasteiger partial charge in [0.2, 0.25) is 0 Å². The minimum Gasteiger partial charge on any atom is -0.480 e. The van der Waals surface area contributed by atoms with Crippen molar-refractivity contribution in [3.05, 3.63) is 35.1 Å². The summed E-state index contributed by atoms with van der Waals surface area (Å²) in [6.45, 7) is 3.36. The highest BCUT2D eigenvalue weighted by Gasteiger charge is 2.08. The van der Waals surface area contributed by atoms with Crippen LogP contribution >= 0.6 is 0 Å². The summed E-state index contributed by atoms with van der Waals surface area (Å²) in [7, 11) is 0. The van der Waals surface area contributed by atoms with E-state index in [4.69, 9.17) is 5.11 Å². The van der Waals surface area contributed by atoms with Crippen molar-refractivity contribution in [3.63, 3.8) is 0 Å². The van der Waals surface area contributed by atoms with Gasteiger partial charge in [-0.25, -0.2) is 4.39 Å². The number of hydrogen-bond donors (Lipinski definition) is 2. The van der Waals surface area contributed by atoms with E-state index >= 15 is 0 Å². The molecule has 3 nitrogen and oxygen atoms in total. The van der Waals surface area contributed by atoms with Crippen LogP contribution in [0.4, 0.5) is 4.39 Å². The van der Waals surface area contributed by atoms with Crippen LogP contribution in [0, 0.1) is 12.7 Å². The van der Waals surface area contributed by atoms with Gasteiger partial charge in [0.1, 0.15) is 5.82 Å². The minimum absolute atomic E-state index is 0.128. The van der Waals surface area contributed by atoms with Crippen LogP contribution in [0.15, 0.2) is 18.2 Å². The third-order valence-corrected chi connectivity index (χ3v) is 2.26. The van der Waals surface area contributed by atoms with Gasteiger partial charge in [-0.3, -0.25) is 4.79 Å². The molecule has 1 aromatic rings. The number of rotatable bonds is 4. The molecule has 0 spiro atoms. The summed E-state index contributed by atoms with van der Waals surface area (Å²) >= 11 is 0. The maximum atomic E-state index is 13.2. The molecule has 0 aliphatic rings. The Bertz CT molecular complexity index is 366. The number of benzene rings is 1. The average Bonchev–Trinajstić information content (AvgIpc) is 2.18. The number of aliphatic carboxylic acids is 1. The Hall–Kier alpha value is -1.42. The zero-order valence-electron chi connectivity index (χ0n) is 8.75. The van der Waals surface area contributed by atoms with Gasteiger partial charge in [-0.2, -0.15) is 0 Å². The van der Waals surface area contributed by atoms with Gasteiger partial charge in [0, 0.05) is 6.04 Å². The first-order chi connectivity index (χ1) is 7.00. The summed E-state index contributed by atoms with van der Waals surface area (Å²) in [5, 5.41) is 11.3. The monoisotopic (exact) mass is 211 g/mol. The number of halogens is 1. The second-order valence-corrected chi connectivity index (χ2v) is 3.50. The van der Waals surface area contributed by atoms with Gasteiger partial charge in [0.05, 0.1) is 6.54 Å². The Morgan fingerprint density at radius 2 is 2.27 bits per heavy atom. The van der Waals surface area contributed by atoms with Crippen molar-refractivity contribution >= 4 is 5.97 Å². The first-order valence-electron chi connectivity index (χ1n) is 4.72. The molecular weight excluding hydrogens is 197 g/mol. The maximum absolute atomic E-state index is 13.2. The van der Waals surface area contributed by atoms with Gasteiger partial charge in [-0.05, 0) is 31.0 Å². The molecule has 82 valence electrons. The van der Waals surface area contributed by atoms with Crippen LogP contribution in [0.25, 0.3) is 0 Å². The Morgan fingerprint density at radius 1 is 1.60 bits per heavy atom. The summed E-state index contributed by atoms with van der Waals surface area (Å²) in [4.78, 5) is 10.3. The predicted molar refractivity (Wildman–Crippen MR) is 55.2 cm³/mol. The van der Waals surface area contributed by atoms with Gasteiger partial charge in [-0.15, -0.1) is 0 Å². The fraction of sp³-hybridized carbons (Fsp3) is 0.364. The molecule has 0 aliphatic heterocycles. The molecule has 0 aliphatic carbocycles. The fourth-order valence-corrected chi connectivity index (χ4v) is 1.24. The van der Waals surface area contributed by atoms with Gasteiger partial charge in [-0.1, -0.05) is 12.1 Å². The molecule has 1 atom stereocenters. The number of carboxylic acid groups (broad SMARTS) is 1. The van der Waals surface area contributed by atoms with E-state index in [-0.39, 0.29) is 18.4 Å². The summed E-state index contributed by atoms with van der Waals surface area (Å²) in [6, 6.07) is 4.73. The zero-order valence-corrected chi connectivity index (χ0v) is 8.75. The predicted octanol–water partition coefficient (Wildman–Crippen LogP) is 1.87. The first kappa shape index (κ1) is 11.7. The highest BCUT2D eigenvalue weighted by molar-refractivity contribution is 5.69. The topological polar surface area (TPSA) is 49.3 Å². The van der Waals surface area contributed by atoms with Gasteiger partial charge < -0.3 is 10.4 Å². The molecule has 0 amide bonds. The highest BCUT2D eigenvalue weighted by Crippen LogP contribution is 2.15. The highest BCUT2D eigenvalue weighted by atomic mass is 19.1. The van der Waals surface area contributed by atoms with Crippen molar-refractivity contribution in [1.82, 2.24) is 5.32 Å². The molecule has 4 heteroatoms. The van der Waals surface area contributed by atoms with Crippen molar-refractivity contribution < 1.29 is 14.3 Å². The zero-order chi connectivity index (χ0) is 11.4. The standard InChI is InChI=1S/C11H14FNO2/c1-7-3-4-9(5-10(7)12)8(2)13-6-11(14)15/h3-5,8,13H,6H2,1-2H3,(H,14,15).